The van der Waals surface area contributed by atoms with Gasteiger partial charge in [0.1, 0.15) is 11.4 Å². The van der Waals surface area contributed by atoms with E-state index < -0.39 is 0 Å². The van der Waals surface area contributed by atoms with Crippen LogP contribution in [0.5, 0.6) is 5.75 Å². The lowest BCUT2D eigenvalue weighted by Crippen LogP contribution is -2.37. The minimum atomic E-state index is -0.290. The molecule has 5 rings (SSSR count). The molecular formula is C29H28N2O3. The van der Waals surface area contributed by atoms with Crippen molar-refractivity contribution in [1.82, 2.24) is 4.90 Å². The van der Waals surface area contributed by atoms with Crippen molar-refractivity contribution in [3.63, 3.8) is 0 Å². The van der Waals surface area contributed by atoms with Gasteiger partial charge in [-0.1, -0.05) is 62.4 Å². The first-order valence-electron chi connectivity index (χ1n) is 11.7. The van der Waals surface area contributed by atoms with E-state index in [4.69, 9.17) is 4.74 Å². The van der Waals surface area contributed by atoms with Gasteiger partial charge in [0.2, 0.25) is 0 Å². The van der Waals surface area contributed by atoms with Crippen LogP contribution in [0.4, 0.5) is 5.69 Å². The van der Waals surface area contributed by atoms with Crippen LogP contribution >= 0.6 is 0 Å². The van der Waals surface area contributed by atoms with Crippen molar-refractivity contribution in [2.75, 3.05) is 18.6 Å². The number of methoxy groups -OCH3 is 1. The maximum atomic E-state index is 13.8. The van der Waals surface area contributed by atoms with Crippen LogP contribution in [0, 0.1) is 0 Å². The SMILES string of the molecule is COc1ccc(C2=C(N3CCc4ccccc4C3)C(=O)N(c3ccc(C(C)C)cc3)C2=O)cc1. The molecule has 0 aliphatic carbocycles. The first-order chi connectivity index (χ1) is 16.5. The number of carbonyl (C=O) groups is 2. The van der Waals surface area contributed by atoms with Gasteiger partial charge >= 0.3 is 0 Å². The normalized spacial score (nSPS) is 15.9. The van der Waals surface area contributed by atoms with Crippen LogP contribution in [-0.2, 0) is 22.6 Å². The Morgan fingerprint density at radius 2 is 1.50 bits per heavy atom. The summed E-state index contributed by atoms with van der Waals surface area (Å²) in [5.74, 6) is 0.514. The monoisotopic (exact) mass is 452 g/mol. The smallest absolute Gasteiger partial charge is 0.282 e. The zero-order valence-corrected chi connectivity index (χ0v) is 19.7. The van der Waals surface area contributed by atoms with Crippen molar-refractivity contribution in [1.29, 1.82) is 0 Å². The fourth-order valence-corrected chi connectivity index (χ4v) is 4.76. The van der Waals surface area contributed by atoms with Gasteiger partial charge in [-0.25, -0.2) is 4.90 Å². The van der Waals surface area contributed by atoms with Gasteiger partial charge in [-0.3, -0.25) is 9.59 Å². The molecule has 3 aromatic rings. The Hall–Kier alpha value is -3.86. The van der Waals surface area contributed by atoms with E-state index in [1.54, 1.807) is 7.11 Å². The number of ether oxygens (including phenoxy) is 1. The van der Waals surface area contributed by atoms with Crippen LogP contribution in [0.25, 0.3) is 5.57 Å². The average molecular weight is 453 g/mol. The van der Waals surface area contributed by atoms with Gasteiger partial charge in [-0.15, -0.1) is 0 Å². The van der Waals surface area contributed by atoms with Gasteiger partial charge in [0.25, 0.3) is 11.8 Å². The molecule has 5 heteroatoms. The van der Waals surface area contributed by atoms with Crippen LogP contribution < -0.4 is 9.64 Å². The Bertz CT molecular complexity index is 1270. The zero-order chi connectivity index (χ0) is 23.8. The van der Waals surface area contributed by atoms with Gasteiger partial charge in [0, 0.05) is 13.1 Å². The van der Waals surface area contributed by atoms with Crippen molar-refractivity contribution >= 4 is 23.1 Å². The first-order valence-corrected chi connectivity index (χ1v) is 11.7. The topological polar surface area (TPSA) is 49.9 Å². The highest BCUT2D eigenvalue weighted by molar-refractivity contribution is 6.45. The average Bonchev–Trinajstić information content (AvgIpc) is 3.13. The third kappa shape index (κ3) is 3.77. The lowest BCUT2D eigenvalue weighted by atomic mass is 9.98. The molecule has 0 N–H and O–H groups in total. The Morgan fingerprint density at radius 1 is 0.824 bits per heavy atom. The Labute approximate surface area is 200 Å². The van der Waals surface area contributed by atoms with Gasteiger partial charge in [0.05, 0.1) is 18.4 Å². The summed E-state index contributed by atoms with van der Waals surface area (Å²) >= 11 is 0. The quantitative estimate of drug-likeness (QED) is 0.502. The first kappa shape index (κ1) is 22.0. The number of amides is 2. The summed E-state index contributed by atoms with van der Waals surface area (Å²) in [5, 5.41) is 0. The molecule has 172 valence electrons. The molecule has 0 fully saturated rings. The molecule has 0 atom stereocenters. The zero-order valence-electron chi connectivity index (χ0n) is 19.7. The van der Waals surface area contributed by atoms with Crippen LogP contribution in [0.15, 0.2) is 78.5 Å². The second-order valence-corrected chi connectivity index (χ2v) is 9.08. The molecule has 3 aromatic carbocycles. The predicted molar refractivity (Wildman–Crippen MR) is 133 cm³/mol. The molecular weight excluding hydrogens is 424 g/mol. The summed E-state index contributed by atoms with van der Waals surface area (Å²) in [5.41, 5.74) is 5.88. The summed E-state index contributed by atoms with van der Waals surface area (Å²) in [6.07, 6.45) is 0.833. The van der Waals surface area contributed by atoms with Gasteiger partial charge in [-0.2, -0.15) is 0 Å². The standard InChI is InChI=1S/C29H28N2O3/c1-19(2)20-8-12-24(13-9-20)31-28(32)26(22-10-14-25(34-3)15-11-22)27(29(31)33)30-17-16-21-6-4-5-7-23(21)18-30/h4-15,19H,16-18H2,1-3H3. The predicted octanol–water partition coefficient (Wildman–Crippen LogP) is 5.16. The Kier molecular flexibility index (Phi) is 5.70. The summed E-state index contributed by atoms with van der Waals surface area (Å²) < 4.78 is 5.29. The van der Waals surface area contributed by atoms with E-state index in [9.17, 15) is 9.59 Å². The molecule has 0 aromatic heterocycles. The van der Waals surface area contributed by atoms with Crippen molar-refractivity contribution in [2.45, 2.75) is 32.7 Å². The second-order valence-electron chi connectivity index (χ2n) is 9.08. The van der Waals surface area contributed by atoms with Gasteiger partial charge in [0.15, 0.2) is 0 Å². The van der Waals surface area contributed by atoms with E-state index in [0.29, 0.717) is 47.3 Å². The highest BCUT2D eigenvalue weighted by Gasteiger charge is 2.43. The number of imide groups is 1. The van der Waals surface area contributed by atoms with Crippen molar-refractivity contribution < 1.29 is 14.3 Å². The highest BCUT2D eigenvalue weighted by atomic mass is 16.5. The maximum Gasteiger partial charge on any atom is 0.282 e. The number of carbonyl (C=O) groups excluding carboxylic acids is 2. The molecule has 2 aliphatic rings. The fraction of sp³-hybridized carbons (Fsp3) is 0.241. The van der Waals surface area contributed by atoms with Gasteiger partial charge in [-0.05, 0) is 58.9 Å². The summed E-state index contributed by atoms with van der Waals surface area (Å²) in [6.45, 7) is 5.53. The second kappa shape index (κ2) is 8.82. The number of fused-ring (bicyclic) bond motifs is 1. The third-order valence-corrected chi connectivity index (χ3v) is 6.70. The molecule has 2 amide bonds. The number of benzene rings is 3. The van der Waals surface area contributed by atoms with E-state index >= 15 is 0 Å². The summed E-state index contributed by atoms with van der Waals surface area (Å²) in [6, 6.07) is 23.4. The fourth-order valence-electron chi connectivity index (χ4n) is 4.76. The molecule has 5 nitrogen and oxygen atoms in total. The molecule has 2 heterocycles. The molecule has 0 saturated carbocycles. The van der Waals surface area contributed by atoms with E-state index in [-0.39, 0.29) is 11.8 Å². The van der Waals surface area contributed by atoms with Crippen LogP contribution in [-0.4, -0.2) is 30.4 Å². The van der Waals surface area contributed by atoms with Crippen LogP contribution in [0.1, 0.15) is 42.0 Å². The molecule has 2 aliphatic heterocycles. The van der Waals surface area contributed by atoms with Gasteiger partial charge < -0.3 is 9.64 Å². The van der Waals surface area contributed by atoms with E-state index in [0.717, 1.165) is 6.42 Å². The van der Waals surface area contributed by atoms with E-state index in [1.165, 1.54) is 21.6 Å². The molecule has 0 unspecified atom stereocenters. The number of nitrogens with zero attached hydrogens (tertiary/aromatic N) is 2. The Balaban J connectivity index is 1.58. The largest absolute Gasteiger partial charge is 0.497 e. The molecule has 0 radical (unpaired) electrons. The van der Waals surface area contributed by atoms with E-state index in [2.05, 4.69) is 30.9 Å². The number of hydrogen-bond donors (Lipinski definition) is 0. The summed E-state index contributed by atoms with van der Waals surface area (Å²) in [4.78, 5) is 31.0. The Morgan fingerprint density at radius 3 is 2.15 bits per heavy atom. The molecule has 0 saturated heterocycles. The minimum absolute atomic E-state index is 0.271. The third-order valence-electron chi connectivity index (χ3n) is 6.70. The lowest BCUT2D eigenvalue weighted by molar-refractivity contribution is -0.120. The summed E-state index contributed by atoms with van der Waals surface area (Å²) in [7, 11) is 1.61. The van der Waals surface area contributed by atoms with Crippen LogP contribution in [0.3, 0.4) is 0 Å². The highest BCUT2D eigenvalue weighted by Crippen LogP contribution is 2.37. The minimum Gasteiger partial charge on any atom is -0.497 e. The number of rotatable bonds is 5. The van der Waals surface area contributed by atoms with Crippen molar-refractivity contribution in [2.24, 2.45) is 0 Å². The number of anilines is 1. The number of hydrogen-bond acceptors (Lipinski definition) is 4. The van der Waals surface area contributed by atoms with E-state index in [1.807, 2.05) is 60.7 Å². The lowest BCUT2D eigenvalue weighted by Gasteiger charge is -2.31. The molecule has 0 spiro atoms. The molecule has 34 heavy (non-hydrogen) atoms. The maximum absolute atomic E-state index is 13.8. The van der Waals surface area contributed by atoms with Crippen molar-refractivity contribution in [3.05, 3.63) is 101 Å². The van der Waals surface area contributed by atoms with Crippen molar-refractivity contribution in [3.8, 4) is 5.75 Å². The molecule has 0 bridgehead atoms. The van der Waals surface area contributed by atoms with Crippen LogP contribution in [0.2, 0.25) is 0 Å².